The van der Waals surface area contributed by atoms with Crippen LogP contribution in [0.3, 0.4) is 0 Å². The van der Waals surface area contributed by atoms with Crippen molar-refractivity contribution in [2.45, 2.75) is 19.0 Å². The number of anilines is 1. The molecule has 0 aliphatic carbocycles. The normalized spacial score (nSPS) is 14.9. The van der Waals surface area contributed by atoms with Crippen molar-refractivity contribution in [3.63, 3.8) is 0 Å². The van der Waals surface area contributed by atoms with Crippen molar-refractivity contribution in [1.29, 1.82) is 0 Å². The van der Waals surface area contributed by atoms with E-state index in [1.165, 1.54) is 5.57 Å². The second kappa shape index (κ2) is 8.34. The van der Waals surface area contributed by atoms with Crippen LogP contribution in [0.15, 0.2) is 23.9 Å². The molecule has 1 amide bonds. The van der Waals surface area contributed by atoms with Crippen LogP contribution in [0.1, 0.15) is 18.4 Å². The Labute approximate surface area is 142 Å². The average molecular weight is 363 g/mol. The van der Waals surface area contributed by atoms with Gasteiger partial charge in [-0.15, -0.1) is 0 Å². The van der Waals surface area contributed by atoms with E-state index in [9.17, 15) is 18.0 Å². The van der Waals surface area contributed by atoms with E-state index < -0.39 is 11.7 Å². The van der Waals surface area contributed by atoms with E-state index in [2.05, 4.69) is 20.9 Å². The van der Waals surface area contributed by atoms with Crippen LogP contribution in [-0.4, -0.2) is 37.1 Å². The molecule has 1 aliphatic rings. The van der Waals surface area contributed by atoms with E-state index in [0.717, 1.165) is 25.6 Å². The second-order valence-corrected chi connectivity index (χ2v) is 5.73. The summed E-state index contributed by atoms with van der Waals surface area (Å²) in [5.74, 6) is -0.0245. The van der Waals surface area contributed by atoms with Crippen molar-refractivity contribution in [3.05, 3.63) is 34.5 Å². The summed E-state index contributed by atoms with van der Waals surface area (Å²) in [5.41, 5.74) is 0.272. The van der Waals surface area contributed by atoms with Gasteiger partial charge >= 0.3 is 6.18 Å². The number of halogens is 4. The number of carbonyl (C=O) groups is 1. The lowest BCUT2D eigenvalue weighted by atomic mass is 10.1. The Morgan fingerprint density at radius 2 is 2.21 bits per heavy atom. The van der Waals surface area contributed by atoms with Gasteiger partial charge in [0.15, 0.2) is 0 Å². The number of rotatable bonds is 6. The molecule has 0 spiro atoms. The van der Waals surface area contributed by atoms with Gasteiger partial charge in [-0.25, -0.2) is 4.98 Å². The zero-order valence-corrected chi connectivity index (χ0v) is 13.6. The minimum absolute atomic E-state index is 0.124. The lowest BCUT2D eigenvalue weighted by Crippen LogP contribution is -2.30. The third kappa shape index (κ3) is 5.68. The fourth-order valence-corrected chi connectivity index (χ4v) is 2.38. The fraction of sp³-hybridized carbons (Fsp3) is 0.467. The first-order valence-electron chi connectivity index (χ1n) is 7.48. The number of amides is 1. The van der Waals surface area contributed by atoms with Crippen LogP contribution >= 0.6 is 11.6 Å². The summed E-state index contributed by atoms with van der Waals surface area (Å²) < 4.78 is 37.5. The molecule has 1 aliphatic heterocycles. The van der Waals surface area contributed by atoms with Gasteiger partial charge < -0.3 is 16.0 Å². The summed E-state index contributed by atoms with van der Waals surface area (Å²) in [6.45, 7) is 2.45. The minimum atomic E-state index is -4.49. The van der Waals surface area contributed by atoms with Crippen molar-refractivity contribution in [2.75, 3.05) is 31.5 Å². The summed E-state index contributed by atoms with van der Waals surface area (Å²) in [6.07, 6.45) is -0.654. The fourth-order valence-electron chi connectivity index (χ4n) is 2.15. The number of pyridine rings is 1. The van der Waals surface area contributed by atoms with Crippen LogP contribution in [0.2, 0.25) is 5.02 Å². The number of aromatic nitrogens is 1. The van der Waals surface area contributed by atoms with E-state index in [0.29, 0.717) is 12.7 Å². The Morgan fingerprint density at radius 3 is 2.83 bits per heavy atom. The Hall–Kier alpha value is -1.80. The van der Waals surface area contributed by atoms with Crippen LogP contribution in [0.4, 0.5) is 19.0 Å². The van der Waals surface area contributed by atoms with Crippen molar-refractivity contribution < 1.29 is 18.0 Å². The van der Waals surface area contributed by atoms with Crippen LogP contribution in [0.5, 0.6) is 0 Å². The van der Waals surface area contributed by atoms with E-state index in [1.54, 1.807) is 0 Å². The number of nitrogens with zero attached hydrogens (tertiary/aromatic N) is 1. The maximum absolute atomic E-state index is 12.5. The van der Waals surface area contributed by atoms with Crippen LogP contribution in [0.25, 0.3) is 0 Å². The Morgan fingerprint density at radius 1 is 1.42 bits per heavy atom. The van der Waals surface area contributed by atoms with E-state index >= 15 is 0 Å². The molecule has 0 aromatic carbocycles. The van der Waals surface area contributed by atoms with Gasteiger partial charge in [-0.05, 0) is 19.0 Å². The molecular formula is C15H18ClF3N4O. The smallest absolute Gasteiger partial charge is 0.368 e. The lowest BCUT2D eigenvalue weighted by Gasteiger charge is -2.15. The molecule has 132 valence electrons. The average Bonchev–Trinajstić information content (AvgIpc) is 2.54. The standard InChI is InChI=1S/C15H18ClF3N4O/c16-12-7-11(15(17,18)19)9-23-14(12)21-6-3-13(24)22-8-10-1-4-20-5-2-10/h1,7,9,20H,2-6,8H2,(H,21,23)(H,22,24). The molecule has 1 aromatic rings. The molecule has 2 heterocycles. The largest absolute Gasteiger partial charge is 0.417 e. The van der Waals surface area contributed by atoms with Gasteiger partial charge in [-0.1, -0.05) is 23.3 Å². The van der Waals surface area contributed by atoms with Gasteiger partial charge in [-0.2, -0.15) is 13.2 Å². The highest BCUT2D eigenvalue weighted by atomic mass is 35.5. The Balaban J connectivity index is 1.75. The number of hydrogen-bond donors (Lipinski definition) is 3. The van der Waals surface area contributed by atoms with Gasteiger partial charge in [0.2, 0.25) is 5.91 Å². The number of nitrogens with one attached hydrogen (secondary N) is 3. The van der Waals surface area contributed by atoms with E-state index in [-0.39, 0.29) is 29.7 Å². The highest BCUT2D eigenvalue weighted by molar-refractivity contribution is 6.32. The van der Waals surface area contributed by atoms with Gasteiger partial charge in [0.1, 0.15) is 5.82 Å². The van der Waals surface area contributed by atoms with Crippen molar-refractivity contribution in [2.24, 2.45) is 0 Å². The summed E-state index contributed by atoms with van der Waals surface area (Å²) in [7, 11) is 0. The highest BCUT2D eigenvalue weighted by Crippen LogP contribution is 2.32. The maximum Gasteiger partial charge on any atom is 0.417 e. The number of carbonyl (C=O) groups excluding carboxylic acids is 1. The zero-order valence-electron chi connectivity index (χ0n) is 12.8. The molecule has 5 nitrogen and oxygen atoms in total. The van der Waals surface area contributed by atoms with Gasteiger partial charge in [0.05, 0.1) is 10.6 Å². The summed E-state index contributed by atoms with van der Waals surface area (Å²) in [5, 5.41) is 8.62. The molecule has 0 unspecified atom stereocenters. The summed E-state index contributed by atoms with van der Waals surface area (Å²) >= 11 is 5.77. The van der Waals surface area contributed by atoms with E-state index in [1.807, 2.05) is 6.08 Å². The molecule has 24 heavy (non-hydrogen) atoms. The quantitative estimate of drug-likeness (QED) is 0.681. The summed E-state index contributed by atoms with van der Waals surface area (Å²) in [6, 6.07) is 0.806. The molecular weight excluding hydrogens is 345 g/mol. The zero-order chi connectivity index (χ0) is 17.6. The second-order valence-electron chi connectivity index (χ2n) is 5.32. The number of hydrogen-bond acceptors (Lipinski definition) is 4. The van der Waals surface area contributed by atoms with E-state index in [4.69, 9.17) is 11.6 Å². The number of alkyl halides is 3. The molecule has 1 aromatic heterocycles. The predicted molar refractivity (Wildman–Crippen MR) is 85.9 cm³/mol. The minimum Gasteiger partial charge on any atom is -0.368 e. The molecule has 0 radical (unpaired) electrons. The molecule has 0 saturated heterocycles. The Bertz CT molecular complexity index is 619. The first kappa shape index (κ1) is 18.5. The molecule has 0 fully saturated rings. The first-order chi connectivity index (χ1) is 11.4. The van der Waals surface area contributed by atoms with Gasteiger partial charge in [-0.3, -0.25) is 4.79 Å². The topological polar surface area (TPSA) is 66.0 Å². The first-order valence-corrected chi connectivity index (χ1v) is 7.86. The molecule has 2 rings (SSSR count). The highest BCUT2D eigenvalue weighted by Gasteiger charge is 2.31. The molecule has 0 saturated carbocycles. The maximum atomic E-state index is 12.5. The molecule has 0 atom stereocenters. The van der Waals surface area contributed by atoms with Crippen LogP contribution < -0.4 is 16.0 Å². The molecule has 3 N–H and O–H groups in total. The van der Waals surface area contributed by atoms with Crippen molar-refractivity contribution in [3.8, 4) is 0 Å². The predicted octanol–water partition coefficient (Wildman–Crippen LogP) is 2.59. The van der Waals surface area contributed by atoms with Crippen molar-refractivity contribution >= 4 is 23.3 Å². The van der Waals surface area contributed by atoms with Crippen molar-refractivity contribution in [1.82, 2.24) is 15.6 Å². The van der Waals surface area contributed by atoms with Gasteiger partial charge in [0, 0.05) is 32.3 Å². The Kier molecular flexibility index (Phi) is 6.44. The lowest BCUT2D eigenvalue weighted by molar-refractivity contribution is -0.137. The van der Waals surface area contributed by atoms with Crippen LogP contribution in [0, 0.1) is 0 Å². The summed E-state index contributed by atoms with van der Waals surface area (Å²) in [4.78, 5) is 15.4. The van der Waals surface area contributed by atoms with Gasteiger partial charge in [0.25, 0.3) is 0 Å². The third-order valence-corrected chi connectivity index (χ3v) is 3.77. The third-order valence-electron chi connectivity index (χ3n) is 3.48. The SMILES string of the molecule is O=C(CCNc1ncc(C(F)(F)F)cc1Cl)NCC1=CCNCC1. The molecule has 0 bridgehead atoms. The monoisotopic (exact) mass is 362 g/mol. The van der Waals surface area contributed by atoms with Crippen LogP contribution in [-0.2, 0) is 11.0 Å². The molecule has 9 heteroatoms.